The minimum atomic E-state index is -0.856. The highest BCUT2D eigenvalue weighted by molar-refractivity contribution is 6.30. The van der Waals surface area contributed by atoms with E-state index in [1.54, 1.807) is 4.90 Å². The molecule has 3 rings (SSSR count). The Morgan fingerprint density at radius 3 is 1.87 bits per heavy atom. The van der Waals surface area contributed by atoms with Gasteiger partial charge in [0.05, 0.1) is 6.04 Å². The number of benzene rings is 2. The van der Waals surface area contributed by atoms with E-state index in [0.717, 1.165) is 11.1 Å². The normalized spacial score (nSPS) is 15.4. The quantitative estimate of drug-likeness (QED) is 0.246. The summed E-state index contributed by atoms with van der Waals surface area (Å²) in [6.07, 6.45) is -0.540. The second kappa shape index (κ2) is 9.88. The van der Waals surface area contributed by atoms with Crippen LogP contribution in [0.15, 0.2) is 53.7 Å². The van der Waals surface area contributed by atoms with Crippen molar-refractivity contribution < 1.29 is 14.9 Å². The van der Waals surface area contributed by atoms with Gasteiger partial charge in [-0.05, 0) is 40.3 Å². The number of piperazine rings is 1. The number of nitro groups is 1. The Bertz CT molecular complexity index is 881. The topological polar surface area (TPSA) is 99.3 Å². The summed E-state index contributed by atoms with van der Waals surface area (Å²) >= 11 is 12.1. The van der Waals surface area contributed by atoms with Crippen LogP contribution >= 0.6 is 23.2 Å². The summed E-state index contributed by atoms with van der Waals surface area (Å²) in [5, 5.41) is 23.4. The molecule has 1 heterocycles. The molecular formula is C20H20Cl2N4O4. The predicted octanol–water partition coefficient (Wildman–Crippen LogP) is 3.68. The molecule has 1 aliphatic rings. The zero-order valence-corrected chi connectivity index (χ0v) is 17.5. The Kier molecular flexibility index (Phi) is 7.25. The molecule has 0 atom stereocenters. The molecule has 0 bridgehead atoms. The van der Waals surface area contributed by atoms with E-state index in [1.807, 2.05) is 48.5 Å². The maximum atomic E-state index is 12.3. The molecule has 1 saturated heterocycles. The van der Waals surface area contributed by atoms with Gasteiger partial charge in [0.2, 0.25) is 5.91 Å². The first kappa shape index (κ1) is 22.0. The first-order valence-electron chi connectivity index (χ1n) is 9.27. The molecule has 158 valence electrons. The van der Waals surface area contributed by atoms with Crippen LogP contribution in [0.25, 0.3) is 0 Å². The molecule has 2 aromatic carbocycles. The van der Waals surface area contributed by atoms with Crippen LogP contribution in [0.4, 0.5) is 0 Å². The molecule has 0 aromatic heterocycles. The molecule has 10 heteroatoms. The summed E-state index contributed by atoms with van der Waals surface area (Å²) in [4.78, 5) is 26.0. The number of nitrogens with zero attached hydrogens (tertiary/aromatic N) is 4. The van der Waals surface area contributed by atoms with E-state index >= 15 is 0 Å². The van der Waals surface area contributed by atoms with Crippen molar-refractivity contribution in [1.29, 1.82) is 0 Å². The maximum absolute atomic E-state index is 12.3. The molecule has 8 nitrogen and oxygen atoms in total. The summed E-state index contributed by atoms with van der Waals surface area (Å²) in [7, 11) is 0. The minimum absolute atomic E-state index is 0.0508. The van der Waals surface area contributed by atoms with E-state index < -0.39 is 23.1 Å². The molecule has 0 radical (unpaired) electrons. The molecule has 0 spiro atoms. The second-order valence-electron chi connectivity index (χ2n) is 6.87. The Labute approximate surface area is 183 Å². The monoisotopic (exact) mass is 450 g/mol. The number of oxime groups is 1. The highest BCUT2D eigenvalue weighted by Crippen LogP contribution is 2.31. The van der Waals surface area contributed by atoms with Crippen molar-refractivity contribution in [2.24, 2.45) is 5.16 Å². The highest BCUT2D eigenvalue weighted by Gasteiger charge is 2.30. The SMILES string of the molecule is O=C(C/C(=N/O)[N+](=O)[O-])N1CCN(C(c2ccc(Cl)cc2)c2ccc(Cl)cc2)CC1. The van der Waals surface area contributed by atoms with Crippen LogP contribution in [-0.2, 0) is 4.79 Å². The van der Waals surface area contributed by atoms with Gasteiger partial charge in [-0.3, -0.25) is 9.69 Å². The molecule has 1 aliphatic heterocycles. The van der Waals surface area contributed by atoms with E-state index in [0.29, 0.717) is 36.2 Å². The number of carbonyl (C=O) groups is 1. The lowest BCUT2D eigenvalue weighted by atomic mass is 9.96. The number of amidine groups is 1. The lowest BCUT2D eigenvalue weighted by molar-refractivity contribution is -0.354. The third-order valence-electron chi connectivity index (χ3n) is 5.04. The first-order chi connectivity index (χ1) is 14.4. The molecule has 2 aromatic rings. The zero-order chi connectivity index (χ0) is 21.7. The van der Waals surface area contributed by atoms with Crippen LogP contribution in [0.5, 0.6) is 0 Å². The fourth-order valence-corrected chi connectivity index (χ4v) is 3.77. The molecule has 1 fully saturated rings. The van der Waals surface area contributed by atoms with E-state index in [-0.39, 0.29) is 6.04 Å². The summed E-state index contributed by atoms with van der Waals surface area (Å²) in [6.45, 7) is 1.97. The Hall–Kier alpha value is -2.68. The van der Waals surface area contributed by atoms with Crippen LogP contribution < -0.4 is 0 Å². The van der Waals surface area contributed by atoms with Crippen molar-refractivity contribution in [2.45, 2.75) is 12.5 Å². The van der Waals surface area contributed by atoms with Crippen molar-refractivity contribution >= 4 is 34.9 Å². The van der Waals surface area contributed by atoms with Gasteiger partial charge in [0.15, 0.2) is 5.16 Å². The number of hydrogen-bond acceptors (Lipinski definition) is 6. The summed E-state index contributed by atoms with van der Waals surface area (Å²) < 4.78 is 0. The van der Waals surface area contributed by atoms with Gasteiger partial charge in [0.1, 0.15) is 6.42 Å². The zero-order valence-electron chi connectivity index (χ0n) is 15.9. The Morgan fingerprint density at radius 2 is 1.47 bits per heavy atom. The fourth-order valence-electron chi connectivity index (χ4n) is 3.52. The maximum Gasteiger partial charge on any atom is 0.394 e. The number of rotatable bonds is 5. The average molecular weight is 451 g/mol. The van der Waals surface area contributed by atoms with E-state index in [9.17, 15) is 14.9 Å². The van der Waals surface area contributed by atoms with Gasteiger partial charge in [-0.1, -0.05) is 47.5 Å². The van der Waals surface area contributed by atoms with Crippen molar-refractivity contribution in [2.75, 3.05) is 26.2 Å². The van der Waals surface area contributed by atoms with Gasteiger partial charge in [-0.15, -0.1) is 0 Å². The highest BCUT2D eigenvalue weighted by atomic mass is 35.5. The minimum Gasteiger partial charge on any atom is -0.358 e. The molecule has 1 N–H and O–H groups in total. The lowest BCUT2D eigenvalue weighted by Crippen LogP contribution is -2.50. The van der Waals surface area contributed by atoms with Crippen LogP contribution in [0, 0.1) is 10.1 Å². The van der Waals surface area contributed by atoms with Crippen LogP contribution in [0.1, 0.15) is 23.6 Å². The van der Waals surface area contributed by atoms with E-state index in [1.165, 1.54) is 0 Å². The first-order valence-corrected chi connectivity index (χ1v) is 10.0. The molecule has 30 heavy (non-hydrogen) atoms. The van der Waals surface area contributed by atoms with Gasteiger partial charge in [0.25, 0.3) is 0 Å². The van der Waals surface area contributed by atoms with Crippen molar-refractivity contribution in [1.82, 2.24) is 9.80 Å². The number of carbonyl (C=O) groups excluding carboxylic acids is 1. The molecule has 1 amide bonds. The smallest absolute Gasteiger partial charge is 0.358 e. The van der Waals surface area contributed by atoms with Crippen molar-refractivity contribution in [3.63, 3.8) is 0 Å². The Balaban J connectivity index is 1.75. The van der Waals surface area contributed by atoms with Crippen LogP contribution in [0.3, 0.4) is 0 Å². The van der Waals surface area contributed by atoms with Gasteiger partial charge >= 0.3 is 5.84 Å². The van der Waals surface area contributed by atoms with E-state index in [2.05, 4.69) is 10.1 Å². The number of amides is 1. The fraction of sp³-hybridized carbons (Fsp3) is 0.300. The predicted molar refractivity (Wildman–Crippen MR) is 114 cm³/mol. The molecular weight excluding hydrogens is 431 g/mol. The molecule has 0 unspecified atom stereocenters. The largest absolute Gasteiger partial charge is 0.394 e. The molecule has 0 saturated carbocycles. The summed E-state index contributed by atoms with van der Waals surface area (Å²) in [5.41, 5.74) is 2.12. The van der Waals surface area contributed by atoms with Crippen LogP contribution in [0.2, 0.25) is 10.0 Å². The third kappa shape index (κ3) is 5.27. The number of hydrogen-bond donors (Lipinski definition) is 1. The van der Waals surface area contributed by atoms with Gasteiger partial charge in [-0.25, -0.2) is 0 Å². The van der Waals surface area contributed by atoms with Gasteiger partial charge in [0, 0.05) is 36.2 Å². The standard InChI is InChI=1S/C20H20Cl2N4O4/c21-16-5-1-14(2-6-16)20(15-3-7-17(22)8-4-15)25-11-9-24(10-12-25)19(27)13-18(23-28)26(29)30/h1-8,20,28H,9-13H2/b23-18-. The average Bonchev–Trinajstić information content (AvgIpc) is 2.75. The molecule has 0 aliphatic carbocycles. The number of halogens is 2. The van der Waals surface area contributed by atoms with Crippen molar-refractivity contribution in [3.8, 4) is 0 Å². The third-order valence-corrected chi connectivity index (χ3v) is 5.54. The van der Waals surface area contributed by atoms with Crippen LogP contribution in [-0.4, -0.2) is 57.9 Å². The van der Waals surface area contributed by atoms with E-state index in [4.69, 9.17) is 28.4 Å². The summed E-state index contributed by atoms with van der Waals surface area (Å²) in [5.74, 6) is -1.20. The Morgan fingerprint density at radius 1 is 1.00 bits per heavy atom. The lowest BCUT2D eigenvalue weighted by Gasteiger charge is -2.39. The van der Waals surface area contributed by atoms with Crippen molar-refractivity contribution in [3.05, 3.63) is 79.8 Å². The summed E-state index contributed by atoms with van der Waals surface area (Å²) in [6, 6.07) is 15.2. The second-order valence-corrected chi connectivity index (χ2v) is 7.75. The van der Waals surface area contributed by atoms with Gasteiger partial charge < -0.3 is 20.2 Å². The van der Waals surface area contributed by atoms with Gasteiger partial charge in [-0.2, -0.15) is 0 Å².